The van der Waals surface area contributed by atoms with Gasteiger partial charge in [0.1, 0.15) is 11.5 Å². The van der Waals surface area contributed by atoms with E-state index in [2.05, 4.69) is 4.90 Å². The van der Waals surface area contributed by atoms with Gasteiger partial charge in [-0.15, -0.1) is 0 Å². The van der Waals surface area contributed by atoms with Crippen LogP contribution in [0.25, 0.3) is 0 Å². The van der Waals surface area contributed by atoms with Crippen LogP contribution in [0.15, 0.2) is 53.6 Å². The molecule has 29 heavy (non-hydrogen) atoms. The summed E-state index contributed by atoms with van der Waals surface area (Å²) in [6.45, 7) is 2.37. The first kappa shape index (κ1) is 19.5. The Kier molecular flexibility index (Phi) is 5.81. The Morgan fingerprint density at radius 1 is 1.03 bits per heavy atom. The lowest BCUT2D eigenvalue weighted by Gasteiger charge is -2.25. The van der Waals surface area contributed by atoms with E-state index in [1.807, 2.05) is 48.5 Å². The van der Waals surface area contributed by atoms with Crippen molar-refractivity contribution >= 4 is 11.6 Å². The molecule has 1 saturated heterocycles. The molecule has 0 aliphatic carbocycles. The third-order valence-corrected chi connectivity index (χ3v) is 5.64. The molecule has 2 heterocycles. The van der Waals surface area contributed by atoms with Gasteiger partial charge >= 0.3 is 0 Å². The monoisotopic (exact) mass is 393 g/mol. The number of benzene rings is 2. The molecule has 1 atom stereocenters. The van der Waals surface area contributed by atoms with Crippen LogP contribution < -0.4 is 9.47 Å². The van der Waals surface area contributed by atoms with Gasteiger partial charge in [0.15, 0.2) is 0 Å². The number of hydrogen-bond acceptors (Lipinski definition) is 5. The molecule has 152 valence electrons. The standard InChI is InChI=1S/C23H27N3O3/c1-28-18-11-9-17(10-12-18)20-15-21(19-7-3-4-8-22(19)29-2)26(24-20)23(27)16-25-13-5-6-14-25/h3-4,7-12,21H,5-6,13-16H2,1-2H3. The SMILES string of the molecule is COc1ccc(C2=NN(C(=O)CN3CCCC3)C(c3ccccc3OC)C2)cc1. The second kappa shape index (κ2) is 8.66. The third kappa shape index (κ3) is 4.12. The Morgan fingerprint density at radius 2 is 1.76 bits per heavy atom. The van der Waals surface area contributed by atoms with Crippen LogP contribution in [0.4, 0.5) is 0 Å². The first-order valence-electron chi connectivity index (χ1n) is 10.1. The molecular weight excluding hydrogens is 366 g/mol. The number of rotatable bonds is 6. The summed E-state index contributed by atoms with van der Waals surface area (Å²) < 4.78 is 10.8. The number of methoxy groups -OCH3 is 2. The molecule has 2 aliphatic heterocycles. The lowest BCUT2D eigenvalue weighted by Crippen LogP contribution is -2.37. The van der Waals surface area contributed by atoms with E-state index < -0.39 is 0 Å². The molecule has 2 aromatic rings. The molecule has 6 nitrogen and oxygen atoms in total. The Hall–Kier alpha value is -2.86. The van der Waals surface area contributed by atoms with Crippen LogP contribution in [-0.2, 0) is 4.79 Å². The lowest BCUT2D eigenvalue weighted by atomic mass is 9.97. The Bertz CT molecular complexity index is 888. The lowest BCUT2D eigenvalue weighted by molar-refractivity contribution is -0.134. The minimum Gasteiger partial charge on any atom is -0.497 e. The molecule has 2 aromatic carbocycles. The van der Waals surface area contributed by atoms with Crippen molar-refractivity contribution in [3.8, 4) is 11.5 Å². The van der Waals surface area contributed by atoms with E-state index in [1.54, 1.807) is 19.2 Å². The topological polar surface area (TPSA) is 54.4 Å². The molecule has 6 heteroatoms. The predicted molar refractivity (Wildman–Crippen MR) is 112 cm³/mol. The van der Waals surface area contributed by atoms with Crippen LogP contribution in [-0.4, -0.2) is 55.4 Å². The highest BCUT2D eigenvalue weighted by molar-refractivity contribution is 6.03. The van der Waals surface area contributed by atoms with Crippen LogP contribution in [0.2, 0.25) is 0 Å². The highest BCUT2D eigenvalue weighted by atomic mass is 16.5. The van der Waals surface area contributed by atoms with Gasteiger partial charge in [-0.05, 0) is 61.8 Å². The summed E-state index contributed by atoms with van der Waals surface area (Å²) in [6.07, 6.45) is 2.96. The number of hydrogen-bond donors (Lipinski definition) is 0. The summed E-state index contributed by atoms with van der Waals surface area (Å²) in [4.78, 5) is 15.4. The molecule has 2 aliphatic rings. The van der Waals surface area contributed by atoms with Crippen molar-refractivity contribution < 1.29 is 14.3 Å². The van der Waals surface area contributed by atoms with Crippen molar-refractivity contribution in [3.05, 3.63) is 59.7 Å². The van der Waals surface area contributed by atoms with Gasteiger partial charge in [-0.25, -0.2) is 5.01 Å². The number of hydrazone groups is 1. The zero-order valence-electron chi connectivity index (χ0n) is 17.0. The van der Waals surface area contributed by atoms with Gasteiger partial charge in [0.2, 0.25) is 0 Å². The average Bonchev–Trinajstić information content (AvgIpc) is 3.44. The van der Waals surface area contributed by atoms with Crippen LogP contribution in [0.5, 0.6) is 11.5 Å². The average molecular weight is 393 g/mol. The maximum atomic E-state index is 13.2. The molecule has 1 unspecified atom stereocenters. The summed E-state index contributed by atoms with van der Waals surface area (Å²) in [7, 11) is 3.31. The van der Waals surface area contributed by atoms with Crippen molar-refractivity contribution in [3.63, 3.8) is 0 Å². The quantitative estimate of drug-likeness (QED) is 0.754. The predicted octanol–water partition coefficient (Wildman–Crippen LogP) is 3.48. The van der Waals surface area contributed by atoms with Crippen molar-refractivity contribution in [2.45, 2.75) is 25.3 Å². The number of carbonyl (C=O) groups is 1. The van der Waals surface area contributed by atoms with Crippen molar-refractivity contribution in [2.75, 3.05) is 33.9 Å². The van der Waals surface area contributed by atoms with Crippen LogP contribution in [0, 0.1) is 0 Å². The summed E-state index contributed by atoms with van der Waals surface area (Å²) in [5, 5.41) is 6.43. The van der Waals surface area contributed by atoms with E-state index in [9.17, 15) is 4.79 Å². The largest absolute Gasteiger partial charge is 0.497 e. The van der Waals surface area contributed by atoms with Gasteiger partial charge in [-0.3, -0.25) is 9.69 Å². The maximum Gasteiger partial charge on any atom is 0.257 e. The Balaban J connectivity index is 1.64. The number of ether oxygens (including phenoxy) is 2. The summed E-state index contributed by atoms with van der Waals surface area (Å²) >= 11 is 0. The highest BCUT2D eigenvalue weighted by Crippen LogP contribution is 2.37. The van der Waals surface area contributed by atoms with Gasteiger partial charge in [0.05, 0.1) is 32.5 Å². The molecule has 0 saturated carbocycles. The zero-order valence-corrected chi connectivity index (χ0v) is 17.0. The van der Waals surface area contributed by atoms with Crippen molar-refractivity contribution in [2.24, 2.45) is 5.10 Å². The smallest absolute Gasteiger partial charge is 0.257 e. The van der Waals surface area contributed by atoms with Crippen molar-refractivity contribution in [1.29, 1.82) is 0 Å². The molecule has 0 radical (unpaired) electrons. The fourth-order valence-electron chi connectivity index (χ4n) is 4.09. The van der Waals surface area contributed by atoms with E-state index >= 15 is 0 Å². The normalized spacial score (nSPS) is 19.3. The van der Waals surface area contributed by atoms with Crippen LogP contribution in [0.1, 0.15) is 36.4 Å². The van der Waals surface area contributed by atoms with E-state index in [1.165, 1.54) is 0 Å². The van der Waals surface area contributed by atoms with E-state index in [0.29, 0.717) is 13.0 Å². The van der Waals surface area contributed by atoms with E-state index in [0.717, 1.165) is 54.3 Å². The molecule has 0 aromatic heterocycles. The zero-order chi connectivity index (χ0) is 20.2. The van der Waals surface area contributed by atoms with Gasteiger partial charge < -0.3 is 9.47 Å². The minimum absolute atomic E-state index is 0.0336. The molecule has 0 spiro atoms. The van der Waals surface area contributed by atoms with Gasteiger partial charge in [-0.1, -0.05) is 18.2 Å². The van der Waals surface area contributed by atoms with Crippen LogP contribution >= 0.6 is 0 Å². The molecule has 0 bridgehead atoms. The van der Waals surface area contributed by atoms with E-state index in [4.69, 9.17) is 14.6 Å². The number of amides is 1. The summed E-state index contributed by atoms with van der Waals surface area (Å²) in [5.74, 6) is 1.62. The van der Waals surface area contributed by atoms with Gasteiger partial charge in [0, 0.05) is 12.0 Å². The van der Waals surface area contributed by atoms with Gasteiger partial charge in [0.25, 0.3) is 5.91 Å². The maximum absolute atomic E-state index is 13.2. The molecule has 0 N–H and O–H groups in total. The number of para-hydroxylation sites is 1. The fourth-order valence-corrected chi connectivity index (χ4v) is 4.09. The first-order chi connectivity index (χ1) is 14.2. The first-order valence-corrected chi connectivity index (χ1v) is 10.1. The van der Waals surface area contributed by atoms with Crippen molar-refractivity contribution in [1.82, 2.24) is 9.91 Å². The van der Waals surface area contributed by atoms with Gasteiger partial charge in [-0.2, -0.15) is 5.10 Å². The number of carbonyl (C=O) groups excluding carboxylic acids is 1. The summed E-state index contributed by atoms with van der Waals surface area (Å²) in [5.41, 5.74) is 2.89. The molecule has 1 fully saturated rings. The minimum atomic E-state index is -0.168. The molecule has 1 amide bonds. The molecule has 4 rings (SSSR count). The fraction of sp³-hybridized carbons (Fsp3) is 0.391. The third-order valence-electron chi connectivity index (χ3n) is 5.64. The van der Waals surface area contributed by atoms with Crippen LogP contribution in [0.3, 0.4) is 0 Å². The van der Waals surface area contributed by atoms with E-state index in [-0.39, 0.29) is 11.9 Å². The number of nitrogens with zero attached hydrogens (tertiary/aromatic N) is 3. The second-order valence-electron chi connectivity index (χ2n) is 7.46. The Labute approximate surface area is 171 Å². The number of likely N-dealkylation sites (tertiary alicyclic amines) is 1. The highest BCUT2D eigenvalue weighted by Gasteiger charge is 2.35. The second-order valence-corrected chi connectivity index (χ2v) is 7.46. The molecular formula is C23H27N3O3. The summed E-state index contributed by atoms with van der Waals surface area (Å²) in [6, 6.07) is 15.5. The Morgan fingerprint density at radius 3 is 2.45 bits per heavy atom.